The topological polar surface area (TPSA) is 86.7 Å². The average molecular weight is 321 g/mol. The average Bonchev–Trinajstić information content (AvgIpc) is 2.97. The van der Waals surface area contributed by atoms with Crippen LogP contribution in [0.25, 0.3) is 22.3 Å². The van der Waals surface area contributed by atoms with Crippen molar-refractivity contribution in [3.63, 3.8) is 0 Å². The number of nitrogen functional groups attached to an aromatic ring is 1. The zero-order valence-electron chi connectivity index (χ0n) is 13.6. The van der Waals surface area contributed by atoms with Gasteiger partial charge in [-0.05, 0) is 19.8 Å². The molecule has 1 saturated carbocycles. The highest BCUT2D eigenvalue weighted by Gasteiger charge is 2.25. The number of carbonyl (C=O) groups excluding carboxylic acids is 1. The molecule has 24 heavy (non-hydrogen) atoms. The van der Waals surface area contributed by atoms with Crippen molar-refractivity contribution in [2.24, 2.45) is 0 Å². The summed E-state index contributed by atoms with van der Waals surface area (Å²) in [5.41, 5.74) is 9.87. The van der Waals surface area contributed by atoms with E-state index >= 15 is 0 Å². The number of fused-ring (bicyclic) bond motifs is 1. The number of nitrogens with zero attached hydrogens (tertiary/aromatic N) is 4. The maximum absolute atomic E-state index is 11.5. The molecule has 2 heterocycles. The summed E-state index contributed by atoms with van der Waals surface area (Å²) < 4.78 is 1.94. The van der Waals surface area contributed by atoms with Gasteiger partial charge in [0.2, 0.25) is 0 Å². The van der Waals surface area contributed by atoms with Crippen molar-refractivity contribution in [1.82, 2.24) is 19.7 Å². The Morgan fingerprint density at radius 3 is 2.54 bits per heavy atom. The van der Waals surface area contributed by atoms with Crippen molar-refractivity contribution in [3.05, 3.63) is 36.2 Å². The Balaban J connectivity index is 1.88. The Morgan fingerprint density at radius 2 is 1.83 bits per heavy atom. The van der Waals surface area contributed by atoms with Crippen LogP contribution in [0.3, 0.4) is 0 Å². The summed E-state index contributed by atoms with van der Waals surface area (Å²) in [5.74, 6) is 0.768. The molecule has 1 aliphatic rings. The summed E-state index contributed by atoms with van der Waals surface area (Å²) in [7, 11) is 0. The van der Waals surface area contributed by atoms with E-state index in [1.165, 1.54) is 11.9 Å². The van der Waals surface area contributed by atoms with E-state index < -0.39 is 0 Å². The molecule has 0 bridgehead atoms. The quantitative estimate of drug-likeness (QED) is 0.784. The Kier molecular flexibility index (Phi) is 3.52. The fraction of sp³-hybridized carbons (Fsp3) is 0.333. The number of Topliss-reactive ketones (excluding diaryl/α,β-unsaturated/α-hetero) is 1. The normalized spacial score (nSPS) is 16.0. The van der Waals surface area contributed by atoms with E-state index in [0.29, 0.717) is 24.4 Å². The molecule has 2 N–H and O–H groups in total. The Labute approximate surface area is 139 Å². The second-order valence-corrected chi connectivity index (χ2v) is 6.39. The number of ketones is 1. The van der Waals surface area contributed by atoms with Crippen molar-refractivity contribution >= 4 is 22.6 Å². The third kappa shape index (κ3) is 2.44. The molecule has 6 heteroatoms. The zero-order valence-corrected chi connectivity index (χ0v) is 13.6. The first-order valence-electron chi connectivity index (χ1n) is 8.21. The van der Waals surface area contributed by atoms with E-state index in [1.807, 2.05) is 16.8 Å². The van der Waals surface area contributed by atoms with E-state index in [-0.39, 0.29) is 6.04 Å². The lowest BCUT2D eigenvalue weighted by Crippen LogP contribution is -2.19. The van der Waals surface area contributed by atoms with Crippen LogP contribution in [0.15, 0.2) is 30.6 Å². The SMILES string of the molecule is Cc1ccc(-c2nn(C3CCC(=O)CC3)c3ncnc(N)c23)cc1. The molecule has 0 spiro atoms. The number of rotatable bonds is 2. The predicted octanol–water partition coefficient (Wildman–Crippen LogP) is 3.07. The lowest BCUT2D eigenvalue weighted by Gasteiger charge is -2.21. The third-order valence-corrected chi connectivity index (χ3v) is 4.70. The van der Waals surface area contributed by atoms with Gasteiger partial charge in [-0.25, -0.2) is 14.6 Å². The molecule has 0 aliphatic heterocycles. The van der Waals surface area contributed by atoms with E-state index in [4.69, 9.17) is 10.8 Å². The molecule has 0 radical (unpaired) electrons. The number of aryl methyl sites for hydroxylation is 1. The van der Waals surface area contributed by atoms with Crippen LogP contribution >= 0.6 is 0 Å². The van der Waals surface area contributed by atoms with E-state index in [0.717, 1.165) is 35.1 Å². The second-order valence-electron chi connectivity index (χ2n) is 6.39. The van der Waals surface area contributed by atoms with Crippen molar-refractivity contribution in [2.75, 3.05) is 5.73 Å². The zero-order chi connectivity index (χ0) is 16.7. The number of aromatic nitrogens is 4. The maximum atomic E-state index is 11.5. The van der Waals surface area contributed by atoms with Gasteiger partial charge in [0.05, 0.1) is 11.4 Å². The number of hydrogen-bond donors (Lipinski definition) is 1. The third-order valence-electron chi connectivity index (χ3n) is 4.70. The molecular weight excluding hydrogens is 302 g/mol. The molecule has 0 amide bonds. The molecule has 3 aromatic rings. The molecule has 1 fully saturated rings. The second kappa shape index (κ2) is 5.70. The Bertz CT molecular complexity index is 903. The number of anilines is 1. The summed E-state index contributed by atoms with van der Waals surface area (Å²) in [6.07, 6.45) is 4.28. The molecule has 1 aliphatic carbocycles. The number of benzene rings is 1. The van der Waals surface area contributed by atoms with Crippen LogP contribution in [-0.4, -0.2) is 25.5 Å². The van der Waals surface area contributed by atoms with Gasteiger partial charge in [0.1, 0.15) is 23.6 Å². The maximum Gasteiger partial charge on any atom is 0.164 e. The van der Waals surface area contributed by atoms with Crippen molar-refractivity contribution < 1.29 is 4.79 Å². The molecular formula is C18H19N5O. The molecule has 6 nitrogen and oxygen atoms in total. The summed E-state index contributed by atoms with van der Waals surface area (Å²) in [4.78, 5) is 20.1. The summed E-state index contributed by atoms with van der Waals surface area (Å²) in [5, 5.41) is 5.61. The fourth-order valence-corrected chi connectivity index (χ4v) is 3.33. The predicted molar refractivity (Wildman–Crippen MR) is 92.4 cm³/mol. The van der Waals surface area contributed by atoms with Crippen molar-refractivity contribution in [1.29, 1.82) is 0 Å². The van der Waals surface area contributed by atoms with Gasteiger partial charge in [-0.15, -0.1) is 0 Å². The highest BCUT2D eigenvalue weighted by molar-refractivity contribution is 5.98. The van der Waals surface area contributed by atoms with E-state index in [2.05, 4.69) is 29.0 Å². The van der Waals surface area contributed by atoms with Crippen LogP contribution in [0, 0.1) is 6.92 Å². The first kappa shape index (κ1) is 14.8. The number of nitrogens with two attached hydrogens (primary N) is 1. The van der Waals surface area contributed by atoms with Crippen LogP contribution in [0.2, 0.25) is 0 Å². The van der Waals surface area contributed by atoms with Gasteiger partial charge in [-0.3, -0.25) is 4.79 Å². The van der Waals surface area contributed by atoms with Crippen molar-refractivity contribution in [2.45, 2.75) is 38.6 Å². The lowest BCUT2D eigenvalue weighted by molar-refractivity contribution is -0.120. The van der Waals surface area contributed by atoms with Gasteiger partial charge < -0.3 is 5.73 Å². The monoisotopic (exact) mass is 321 g/mol. The van der Waals surface area contributed by atoms with Gasteiger partial charge in [0.25, 0.3) is 0 Å². The molecule has 1 aromatic carbocycles. The first-order valence-corrected chi connectivity index (χ1v) is 8.21. The molecule has 0 saturated heterocycles. The smallest absolute Gasteiger partial charge is 0.164 e. The highest BCUT2D eigenvalue weighted by Crippen LogP contribution is 2.35. The first-order chi connectivity index (χ1) is 11.6. The summed E-state index contributed by atoms with van der Waals surface area (Å²) >= 11 is 0. The minimum Gasteiger partial charge on any atom is -0.383 e. The standard InChI is InChI=1S/C18H19N5O/c1-11-2-4-12(5-3-11)16-15-17(19)20-10-21-18(15)23(22-16)13-6-8-14(24)9-7-13/h2-5,10,13H,6-9H2,1H3,(H2,19,20,21). The van der Waals surface area contributed by atoms with Crippen LogP contribution < -0.4 is 5.73 Å². The Hall–Kier alpha value is -2.76. The molecule has 4 rings (SSSR count). The minimum atomic E-state index is 0.179. The van der Waals surface area contributed by atoms with E-state index in [9.17, 15) is 4.79 Å². The van der Waals surface area contributed by atoms with E-state index in [1.54, 1.807) is 0 Å². The van der Waals surface area contributed by atoms with Crippen molar-refractivity contribution in [3.8, 4) is 11.3 Å². The van der Waals surface area contributed by atoms with Gasteiger partial charge >= 0.3 is 0 Å². The van der Waals surface area contributed by atoms with Crippen LogP contribution in [0.5, 0.6) is 0 Å². The Morgan fingerprint density at radius 1 is 1.12 bits per heavy atom. The van der Waals surface area contributed by atoms with Crippen LogP contribution in [-0.2, 0) is 4.79 Å². The minimum absolute atomic E-state index is 0.179. The van der Waals surface area contributed by atoms with Crippen LogP contribution in [0.1, 0.15) is 37.3 Å². The largest absolute Gasteiger partial charge is 0.383 e. The molecule has 122 valence electrons. The molecule has 2 aromatic heterocycles. The van der Waals surface area contributed by atoms with Crippen LogP contribution in [0.4, 0.5) is 5.82 Å². The summed E-state index contributed by atoms with van der Waals surface area (Å²) in [6, 6.07) is 8.37. The highest BCUT2D eigenvalue weighted by atomic mass is 16.1. The van der Waals surface area contributed by atoms with Gasteiger partial charge in [-0.1, -0.05) is 29.8 Å². The molecule has 0 atom stereocenters. The lowest BCUT2D eigenvalue weighted by atomic mass is 9.94. The molecule has 0 unspecified atom stereocenters. The van der Waals surface area contributed by atoms with Gasteiger partial charge in [0.15, 0.2) is 5.65 Å². The number of hydrogen-bond acceptors (Lipinski definition) is 5. The number of carbonyl (C=O) groups is 1. The summed E-state index contributed by atoms with van der Waals surface area (Å²) in [6.45, 7) is 2.05. The fourth-order valence-electron chi connectivity index (χ4n) is 3.33. The van der Waals surface area contributed by atoms with Gasteiger partial charge in [-0.2, -0.15) is 5.10 Å². The van der Waals surface area contributed by atoms with Gasteiger partial charge in [0, 0.05) is 18.4 Å².